The normalized spacial score (nSPS) is 12.0. The zero-order valence-electron chi connectivity index (χ0n) is 10.3. The summed E-state index contributed by atoms with van der Waals surface area (Å²) in [5, 5.41) is -1.18. The van der Waals surface area contributed by atoms with E-state index in [9.17, 15) is 0 Å². The van der Waals surface area contributed by atoms with E-state index in [2.05, 4.69) is 44.4 Å². The molecule has 0 aliphatic rings. The van der Waals surface area contributed by atoms with Crippen LogP contribution in [0.2, 0.25) is 12.1 Å². The van der Waals surface area contributed by atoms with Gasteiger partial charge in [-0.05, 0) is 12.1 Å². The lowest BCUT2D eigenvalue weighted by atomic mass is 10.2. The Kier molecular flexibility index (Phi) is 11.1. The lowest BCUT2D eigenvalue weighted by Crippen LogP contribution is -2.16. The summed E-state index contributed by atoms with van der Waals surface area (Å²) in [6, 6.07) is 2.80. The van der Waals surface area contributed by atoms with Crippen molar-refractivity contribution >= 4 is 35.9 Å². The maximum Gasteiger partial charge on any atom is 0.201 e. The van der Waals surface area contributed by atoms with Crippen LogP contribution in [-0.2, 0) is 0 Å². The minimum Gasteiger partial charge on any atom is -0.111 e. The lowest BCUT2D eigenvalue weighted by molar-refractivity contribution is 0.688. The Bertz CT molecular complexity index is 124. The van der Waals surface area contributed by atoms with E-state index < -0.39 is 5.31 Å². The first-order chi connectivity index (χ1) is 7.12. The van der Waals surface area contributed by atoms with Gasteiger partial charge in [0.2, 0.25) is 5.31 Å². The molecule has 0 saturated carbocycles. The van der Waals surface area contributed by atoms with Crippen molar-refractivity contribution in [3.63, 3.8) is 0 Å². The third-order valence-electron chi connectivity index (χ3n) is 2.79. The quantitative estimate of drug-likeness (QED) is 0.241. The van der Waals surface area contributed by atoms with Crippen molar-refractivity contribution in [2.45, 2.75) is 77.3 Å². The summed E-state index contributed by atoms with van der Waals surface area (Å²) in [6.45, 7) is 4.55. The van der Waals surface area contributed by atoms with E-state index in [1.807, 2.05) is 0 Å². The Morgan fingerprint density at radius 1 is 0.667 bits per heavy atom. The van der Waals surface area contributed by atoms with Crippen molar-refractivity contribution < 1.29 is 0 Å². The van der Waals surface area contributed by atoms with Gasteiger partial charge in [-0.25, -0.2) is 0 Å². The predicted molar refractivity (Wildman–Crippen MR) is 81.5 cm³/mol. The predicted octanol–water partition coefficient (Wildman–Crippen LogP) is 6.38. The van der Waals surface area contributed by atoms with Crippen LogP contribution in [0, 0.1) is 0 Å². The van der Waals surface area contributed by atoms with Crippen LogP contribution in [0.25, 0.3) is 0 Å². The lowest BCUT2D eigenvalue weighted by Gasteiger charge is -2.17. The molecule has 15 heavy (non-hydrogen) atoms. The molecule has 0 heterocycles. The summed E-state index contributed by atoms with van der Waals surface area (Å²) in [4.78, 5) is 0. The van der Waals surface area contributed by atoms with Crippen LogP contribution in [0.15, 0.2) is 0 Å². The number of unbranched alkanes of at least 4 members (excludes halogenated alkanes) is 6. The maximum absolute atomic E-state index is 3.94. The maximum atomic E-state index is 3.94. The highest BCUT2D eigenvalue weighted by molar-refractivity contribution is 9.51. The first-order valence-corrected chi connectivity index (χ1v) is 13.4. The zero-order chi connectivity index (χ0) is 11.6. The average molecular weight is 358 g/mol. The van der Waals surface area contributed by atoms with Gasteiger partial charge in [-0.1, -0.05) is 65.2 Å². The van der Waals surface area contributed by atoms with Crippen LogP contribution >= 0.6 is 30.6 Å². The van der Waals surface area contributed by atoms with Crippen molar-refractivity contribution in [2.75, 3.05) is 0 Å². The largest absolute Gasteiger partial charge is 0.201 e. The standard InChI is InChI=1S/C12H26Br2Si/c1-3-5-7-9-11-15(13,14)12-10-8-6-4-2/h3-12H2,1-2H3. The summed E-state index contributed by atoms with van der Waals surface area (Å²) in [6.07, 6.45) is 11.1. The topological polar surface area (TPSA) is 0 Å². The molecule has 0 aliphatic heterocycles. The van der Waals surface area contributed by atoms with Crippen LogP contribution in [0.1, 0.15) is 65.2 Å². The molecule has 0 radical (unpaired) electrons. The van der Waals surface area contributed by atoms with Crippen LogP contribution < -0.4 is 0 Å². The summed E-state index contributed by atoms with van der Waals surface area (Å²) in [5.74, 6) is 0. The summed E-state index contributed by atoms with van der Waals surface area (Å²) < 4.78 is 0. The van der Waals surface area contributed by atoms with Gasteiger partial charge in [0.05, 0.1) is 0 Å². The van der Waals surface area contributed by atoms with Gasteiger partial charge in [-0.3, -0.25) is 0 Å². The highest BCUT2D eigenvalue weighted by Gasteiger charge is 2.24. The van der Waals surface area contributed by atoms with E-state index in [0.717, 1.165) is 0 Å². The Balaban J connectivity index is 3.40. The highest BCUT2D eigenvalue weighted by Crippen LogP contribution is 2.34. The number of rotatable bonds is 10. The molecule has 0 N–H and O–H groups in total. The molecular weight excluding hydrogens is 332 g/mol. The molecule has 0 spiro atoms. The second-order valence-electron chi connectivity index (χ2n) is 4.48. The molecule has 92 valence electrons. The van der Waals surface area contributed by atoms with Crippen molar-refractivity contribution in [3.8, 4) is 0 Å². The molecule has 0 unspecified atom stereocenters. The van der Waals surface area contributed by atoms with E-state index in [4.69, 9.17) is 0 Å². The fourth-order valence-electron chi connectivity index (χ4n) is 1.75. The van der Waals surface area contributed by atoms with Gasteiger partial charge >= 0.3 is 0 Å². The molecular formula is C12H26Br2Si. The number of hydrogen-bond acceptors (Lipinski definition) is 0. The second-order valence-corrected chi connectivity index (χ2v) is 19.5. The van der Waals surface area contributed by atoms with E-state index in [1.165, 1.54) is 63.5 Å². The average Bonchev–Trinajstić information content (AvgIpc) is 2.20. The molecule has 0 aromatic heterocycles. The van der Waals surface area contributed by atoms with Gasteiger partial charge in [0.15, 0.2) is 0 Å². The minimum atomic E-state index is -1.18. The van der Waals surface area contributed by atoms with Crippen molar-refractivity contribution in [1.82, 2.24) is 0 Å². The molecule has 0 aromatic carbocycles. The van der Waals surface area contributed by atoms with E-state index in [1.54, 1.807) is 0 Å². The van der Waals surface area contributed by atoms with E-state index in [0.29, 0.717) is 0 Å². The van der Waals surface area contributed by atoms with Crippen molar-refractivity contribution in [1.29, 1.82) is 0 Å². The van der Waals surface area contributed by atoms with Gasteiger partial charge in [-0.15, -0.1) is 30.6 Å². The van der Waals surface area contributed by atoms with Crippen molar-refractivity contribution in [3.05, 3.63) is 0 Å². The molecule has 0 rings (SSSR count). The molecule has 0 saturated heterocycles. The monoisotopic (exact) mass is 356 g/mol. The smallest absolute Gasteiger partial charge is 0.111 e. The Labute approximate surface area is 113 Å². The first-order valence-electron chi connectivity index (χ1n) is 6.50. The SMILES string of the molecule is CCCCCC[Si](Br)(Br)CCCCCC. The van der Waals surface area contributed by atoms with Gasteiger partial charge in [-0.2, -0.15) is 0 Å². The third kappa shape index (κ3) is 11.4. The molecule has 0 aliphatic carbocycles. The first kappa shape index (κ1) is 16.2. The molecule has 0 amide bonds. The minimum absolute atomic E-state index is 1.18. The molecule has 0 atom stereocenters. The van der Waals surface area contributed by atoms with Crippen LogP contribution in [0.4, 0.5) is 0 Å². The number of hydrogen-bond donors (Lipinski definition) is 0. The Morgan fingerprint density at radius 2 is 1.07 bits per heavy atom. The van der Waals surface area contributed by atoms with Crippen LogP contribution in [0.3, 0.4) is 0 Å². The van der Waals surface area contributed by atoms with Crippen molar-refractivity contribution in [2.24, 2.45) is 0 Å². The zero-order valence-corrected chi connectivity index (χ0v) is 14.5. The van der Waals surface area contributed by atoms with Gasteiger partial charge in [0, 0.05) is 0 Å². The molecule has 0 aromatic rings. The Hall–Kier alpha value is 1.18. The fraction of sp³-hybridized carbons (Fsp3) is 1.00. The van der Waals surface area contributed by atoms with Gasteiger partial charge < -0.3 is 0 Å². The fourth-order valence-corrected chi connectivity index (χ4v) is 6.89. The molecule has 0 bridgehead atoms. The van der Waals surface area contributed by atoms with E-state index >= 15 is 0 Å². The summed E-state index contributed by atoms with van der Waals surface area (Å²) in [7, 11) is 0. The summed E-state index contributed by atoms with van der Waals surface area (Å²) >= 11 is 7.88. The van der Waals surface area contributed by atoms with Crippen LogP contribution in [-0.4, -0.2) is 5.31 Å². The Morgan fingerprint density at radius 3 is 1.40 bits per heavy atom. The van der Waals surface area contributed by atoms with Gasteiger partial charge in [0.25, 0.3) is 0 Å². The summed E-state index contributed by atoms with van der Waals surface area (Å²) in [5.41, 5.74) is 0. The molecule has 0 nitrogen and oxygen atoms in total. The van der Waals surface area contributed by atoms with Crippen LogP contribution in [0.5, 0.6) is 0 Å². The van der Waals surface area contributed by atoms with Gasteiger partial charge in [0.1, 0.15) is 0 Å². The second kappa shape index (κ2) is 10.3. The highest BCUT2D eigenvalue weighted by atomic mass is 79.9. The molecule has 0 fully saturated rings. The third-order valence-corrected chi connectivity index (χ3v) is 9.72. The number of halogens is 2. The molecule has 3 heteroatoms. The van der Waals surface area contributed by atoms with E-state index in [-0.39, 0.29) is 0 Å².